The molecule has 3 rings (SSSR count). The second kappa shape index (κ2) is 8.00. The lowest BCUT2D eigenvalue weighted by atomic mass is 9.84. The fraction of sp³-hybridized carbons (Fsp3) is 0.600. The highest BCUT2D eigenvalue weighted by atomic mass is 16.4. The summed E-state index contributed by atoms with van der Waals surface area (Å²) in [5.41, 5.74) is 1.18. The Morgan fingerprint density at radius 3 is 2.52 bits per heavy atom. The van der Waals surface area contributed by atoms with E-state index in [1.807, 2.05) is 18.2 Å². The van der Waals surface area contributed by atoms with E-state index in [2.05, 4.69) is 29.3 Å². The van der Waals surface area contributed by atoms with Gasteiger partial charge in [-0.2, -0.15) is 0 Å². The maximum Gasteiger partial charge on any atom is 0.317 e. The van der Waals surface area contributed by atoms with Crippen LogP contribution in [-0.2, 0) is 9.59 Å². The number of hydrogen-bond acceptors (Lipinski definition) is 3. The van der Waals surface area contributed by atoms with Gasteiger partial charge in [0.1, 0.15) is 0 Å². The number of carboxylic acid groups (broad SMARTS) is 1. The number of carbonyl (C=O) groups excluding carboxylic acids is 1. The fourth-order valence-corrected chi connectivity index (χ4v) is 3.62. The van der Waals surface area contributed by atoms with E-state index in [0.29, 0.717) is 18.4 Å². The van der Waals surface area contributed by atoms with Crippen LogP contribution in [0.5, 0.6) is 0 Å². The molecule has 1 aromatic rings. The largest absolute Gasteiger partial charge is 0.480 e. The highest BCUT2D eigenvalue weighted by Gasteiger charge is 2.37. The zero-order valence-electron chi connectivity index (χ0n) is 14.9. The third-order valence-electron chi connectivity index (χ3n) is 5.38. The molecule has 1 aromatic carbocycles. The predicted octanol–water partition coefficient (Wildman–Crippen LogP) is 2.62. The number of carboxylic acids is 1. The minimum absolute atomic E-state index is 0.0896. The lowest BCUT2D eigenvalue weighted by molar-refractivity contribution is -0.140. The summed E-state index contributed by atoms with van der Waals surface area (Å²) in [5.74, 6) is 0.215. The molecule has 0 spiro atoms. The molecule has 2 saturated carbocycles. The number of nitrogens with zero attached hydrogens (tertiary/aromatic N) is 1. The van der Waals surface area contributed by atoms with Crippen LogP contribution in [0.2, 0.25) is 0 Å². The highest BCUT2D eigenvalue weighted by molar-refractivity contribution is 5.77. The first-order valence-corrected chi connectivity index (χ1v) is 9.31. The number of rotatable bonds is 9. The first-order chi connectivity index (χ1) is 12.0. The van der Waals surface area contributed by atoms with Crippen molar-refractivity contribution in [3.8, 4) is 0 Å². The molecule has 136 valence electrons. The van der Waals surface area contributed by atoms with Crippen LogP contribution in [-0.4, -0.2) is 47.1 Å². The average molecular weight is 344 g/mol. The lowest BCUT2D eigenvalue weighted by Crippen LogP contribution is -2.55. The number of carbonyl (C=O) groups is 2. The first-order valence-electron chi connectivity index (χ1n) is 9.31. The summed E-state index contributed by atoms with van der Waals surface area (Å²) < 4.78 is 0. The van der Waals surface area contributed by atoms with Gasteiger partial charge in [0.15, 0.2) is 0 Å². The average Bonchev–Trinajstić information content (AvgIpc) is 3.34. The SMILES string of the molecule is CC(CC(=O)NC1CC(N(CC(=O)O)CC2CC2)C1)c1ccccc1. The van der Waals surface area contributed by atoms with Crippen molar-refractivity contribution in [2.24, 2.45) is 5.92 Å². The third-order valence-corrected chi connectivity index (χ3v) is 5.38. The minimum atomic E-state index is -0.759. The van der Waals surface area contributed by atoms with Gasteiger partial charge in [-0.3, -0.25) is 14.5 Å². The summed E-state index contributed by atoms with van der Waals surface area (Å²) in [6, 6.07) is 10.6. The molecule has 1 unspecified atom stereocenters. The molecule has 2 aliphatic rings. The van der Waals surface area contributed by atoms with Crippen LogP contribution >= 0.6 is 0 Å². The van der Waals surface area contributed by atoms with Crippen molar-refractivity contribution in [2.45, 2.75) is 57.0 Å². The van der Waals surface area contributed by atoms with E-state index < -0.39 is 5.97 Å². The van der Waals surface area contributed by atoms with E-state index in [0.717, 1.165) is 19.4 Å². The molecule has 0 radical (unpaired) electrons. The molecule has 1 atom stereocenters. The fourth-order valence-electron chi connectivity index (χ4n) is 3.62. The van der Waals surface area contributed by atoms with Crippen molar-refractivity contribution < 1.29 is 14.7 Å². The third kappa shape index (κ3) is 5.30. The molecule has 0 aliphatic heterocycles. The first kappa shape index (κ1) is 17.9. The Labute approximate surface area is 149 Å². The van der Waals surface area contributed by atoms with Crippen LogP contribution in [0.15, 0.2) is 30.3 Å². The van der Waals surface area contributed by atoms with Gasteiger partial charge in [0.25, 0.3) is 0 Å². The van der Waals surface area contributed by atoms with Crippen molar-refractivity contribution in [3.63, 3.8) is 0 Å². The molecule has 0 aromatic heterocycles. The number of hydrogen-bond donors (Lipinski definition) is 2. The van der Waals surface area contributed by atoms with Gasteiger partial charge in [-0.05, 0) is 43.1 Å². The number of benzene rings is 1. The standard InChI is InChI=1S/C20H28N2O3/c1-14(16-5-3-2-4-6-16)9-19(23)21-17-10-18(11-17)22(13-20(24)25)12-15-7-8-15/h2-6,14-15,17-18H,7-13H2,1H3,(H,21,23)(H,24,25). The molecule has 0 bridgehead atoms. The van der Waals surface area contributed by atoms with Gasteiger partial charge in [0, 0.05) is 25.0 Å². The molecule has 5 heteroatoms. The van der Waals surface area contributed by atoms with Crippen molar-refractivity contribution in [2.75, 3.05) is 13.1 Å². The Bertz CT molecular complexity index is 594. The maximum absolute atomic E-state index is 12.3. The number of nitrogens with one attached hydrogen (secondary N) is 1. The van der Waals surface area contributed by atoms with Gasteiger partial charge in [-0.25, -0.2) is 0 Å². The maximum atomic E-state index is 12.3. The van der Waals surface area contributed by atoms with Crippen molar-refractivity contribution in [1.82, 2.24) is 10.2 Å². The Morgan fingerprint density at radius 2 is 1.92 bits per heavy atom. The zero-order chi connectivity index (χ0) is 17.8. The molecule has 2 aliphatic carbocycles. The van der Waals surface area contributed by atoms with Crippen LogP contribution in [0.3, 0.4) is 0 Å². The highest BCUT2D eigenvalue weighted by Crippen LogP contribution is 2.33. The molecule has 0 saturated heterocycles. The zero-order valence-corrected chi connectivity index (χ0v) is 14.9. The predicted molar refractivity (Wildman–Crippen MR) is 96.4 cm³/mol. The van der Waals surface area contributed by atoms with Gasteiger partial charge in [0.05, 0.1) is 6.54 Å². The summed E-state index contributed by atoms with van der Waals surface area (Å²) >= 11 is 0. The summed E-state index contributed by atoms with van der Waals surface area (Å²) in [7, 11) is 0. The molecular formula is C20H28N2O3. The second-order valence-electron chi connectivity index (χ2n) is 7.67. The van der Waals surface area contributed by atoms with Crippen molar-refractivity contribution in [1.29, 1.82) is 0 Å². The Balaban J connectivity index is 1.41. The molecule has 2 fully saturated rings. The van der Waals surface area contributed by atoms with Crippen LogP contribution in [0.4, 0.5) is 0 Å². The number of amides is 1. The van der Waals surface area contributed by atoms with Gasteiger partial charge in [-0.15, -0.1) is 0 Å². The van der Waals surface area contributed by atoms with E-state index in [-0.39, 0.29) is 24.4 Å². The van der Waals surface area contributed by atoms with E-state index in [1.165, 1.54) is 18.4 Å². The summed E-state index contributed by atoms with van der Waals surface area (Å²) in [4.78, 5) is 25.4. The van der Waals surface area contributed by atoms with Gasteiger partial charge < -0.3 is 10.4 Å². The van der Waals surface area contributed by atoms with E-state index in [1.54, 1.807) is 0 Å². The van der Waals surface area contributed by atoms with Crippen LogP contribution in [0, 0.1) is 5.92 Å². The Kier molecular flexibility index (Phi) is 5.74. The van der Waals surface area contributed by atoms with Crippen molar-refractivity contribution >= 4 is 11.9 Å². The van der Waals surface area contributed by atoms with E-state index >= 15 is 0 Å². The smallest absolute Gasteiger partial charge is 0.317 e. The van der Waals surface area contributed by atoms with Crippen molar-refractivity contribution in [3.05, 3.63) is 35.9 Å². The lowest BCUT2D eigenvalue weighted by Gasteiger charge is -2.42. The molecule has 25 heavy (non-hydrogen) atoms. The normalized spacial score (nSPS) is 23.8. The van der Waals surface area contributed by atoms with Crippen LogP contribution < -0.4 is 5.32 Å². The Morgan fingerprint density at radius 1 is 1.24 bits per heavy atom. The van der Waals surface area contributed by atoms with E-state index in [4.69, 9.17) is 5.11 Å². The summed E-state index contributed by atoms with van der Waals surface area (Å²) in [5, 5.41) is 12.2. The quantitative estimate of drug-likeness (QED) is 0.722. The molecular weight excluding hydrogens is 316 g/mol. The van der Waals surface area contributed by atoms with Gasteiger partial charge in [0.2, 0.25) is 5.91 Å². The molecule has 1 amide bonds. The molecule has 2 N–H and O–H groups in total. The monoisotopic (exact) mass is 344 g/mol. The molecule has 5 nitrogen and oxygen atoms in total. The second-order valence-corrected chi connectivity index (χ2v) is 7.67. The van der Waals surface area contributed by atoms with E-state index in [9.17, 15) is 9.59 Å². The minimum Gasteiger partial charge on any atom is -0.480 e. The molecule has 0 heterocycles. The van der Waals surface area contributed by atoms with Crippen LogP contribution in [0.1, 0.15) is 50.5 Å². The van der Waals surface area contributed by atoms with Gasteiger partial charge in [-0.1, -0.05) is 37.3 Å². The summed E-state index contributed by atoms with van der Waals surface area (Å²) in [6.07, 6.45) is 4.67. The topological polar surface area (TPSA) is 69.6 Å². The Hall–Kier alpha value is -1.88. The van der Waals surface area contributed by atoms with Crippen LogP contribution in [0.25, 0.3) is 0 Å². The number of aliphatic carboxylic acids is 1. The van der Waals surface area contributed by atoms with Gasteiger partial charge >= 0.3 is 5.97 Å². The summed E-state index contributed by atoms with van der Waals surface area (Å²) in [6.45, 7) is 3.08.